The van der Waals surface area contributed by atoms with Gasteiger partial charge >= 0.3 is 6.18 Å². The maximum Gasteiger partial charge on any atom is 0.422 e. The summed E-state index contributed by atoms with van der Waals surface area (Å²) >= 11 is 5.97. The fourth-order valence-electron chi connectivity index (χ4n) is 4.02. The smallest absolute Gasteiger partial charge is 0.422 e. The highest BCUT2D eigenvalue weighted by molar-refractivity contribution is 6.32. The Labute approximate surface area is 155 Å². The summed E-state index contributed by atoms with van der Waals surface area (Å²) in [5.41, 5.74) is 0.289. The van der Waals surface area contributed by atoms with Crippen LogP contribution in [0.15, 0.2) is 12.3 Å². The molecule has 1 aliphatic heterocycles. The van der Waals surface area contributed by atoms with E-state index in [1.54, 1.807) is 0 Å². The molecule has 2 aliphatic rings. The summed E-state index contributed by atoms with van der Waals surface area (Å²) in [7, 11) is 0. The lowest BCUT2D eigenvalue weighted by molar-refractivity contribution is -0.154. The third kappa shape index (κ3) is 4.61. The van der Waals surface area contributed by atoms with Crippen molar-refractivity contribution in [2.45, 2.75) is 57.2 Å². The fourth-order valence-corrected chi connectivity index (χ4v) is 4.24. The summed E-state index contributed by atoms with van der Waals surface area (Å²) in [6, 6.07) is 1.58. The summed E-state index contributed by atoms with van der Waals surface area (Å²) in [6.45, 7) is -0.771. The molecule has 1 aliphatic carbocycles. The van der Waals surface area contributed by atoms with E-state index in [2.05, 4.69) is 9.72 Å². The van der Waals surface area contributed by atoms with Crippen LogP contribution in [0, 0.1) is 5.92 Å². The third-order valence-corrected chi connectivity index (χ3v) is 5.45. The minimum atomic E-state index is -4.47. The molecule has 1 amide bonds. The van der Waals surface area contributed by atoms with Crippen molar-refractivity contribution in [1.82, 2.24) is 9.88 Å². The Balaban J connectivity index is 1.69. The number of ether oxygens (including phenoxy) is 1. The predicted molar refractivity (Wildman–Crippen MR) is 91.4 cm³/mol. The standard InChI is InChI=1S/C18H22ClF3N2O2/c19-14-9-13(10-23-16(14)26-11-18(20,21)22)17(25)24-8-4-7-15(24)12-5-2-1-3-6-12/h9-10,12,15H,1-8,11H2/t15-/m0/s1. The Morgan fingerprint density at radius 1 is 1.23 bits per heavy atom. The molecule has 1 aromatic rings. The number of carbonyl (C=O) groups excluding carboxylic acids is 1. The average molecular weight is 391 g/mol. The lowest BCUT2D eigenvalue weighted by Crippen LogP contribution is -2.40. The van der Waals surface area contributed by atoms with Gasteiger partial charge in [-0.05, 0) is 37.7 Å². The Morgan fingerprint density at radius 3 is 2.62 bits per heavy atom. The van der Waals surface area contributed by atoms with Crippen molar-refractivity contribution in [2.75, 3.05) is 13.2 Å². The van der Waals surface area contributed by atoms with Gasteiger partial charge in [-0.25, -0.2) is 4.98 Å². The molecule has 8 heteroatoms. The van der Waals surface area contributed by atoms with Crippen LogP contribution in [0.4, 0.5) is 13.2 Å². The number of aromatic nitrogens is 1. The number of rotatable bonds is 4. The summed E-state index contributed by atoms with van der Waals surface area (Å²) in [6.07, 6.45) is 4.73. The van der Waals surface area contributed by atoms with Crippen LogP contribution in [-0.4, -0.2) is 41.2 Å². The van der Waals surface area contributed by atoms with Crippen LogP contribution in [0.5, 0.6) is 5.88 Å². The van der Waals surface area contributed by atoms with Gasteiger partial charge in [-0.3, -0.25) is 4.79 Å². The Kier molecular flexibility index (Phi) is 5.95. The van der Waals surface area contributed by atoms with Gasteiger partial charge in [-0.15, -0.1) is 0 Å². The number of carbonyl (C=O) groups is 1. The molecule has 3 rings (SSSR count). The SMILES string of the molecule is O=C(c1cnc(OCC(F)(F)F)c(Cl)c1)N1CCC[C@H]1C1CCCCC1. The summed E-state index contributed by atoms with van der Waals surface area (Å²) < 4.78 is 41.3. The van der Waals surface area contributed by atoms with Gasteiger partial charge in [0, 0.05) is 18.8 Å². The van der Waals surface area contributed by atoms with Gasteiger partial charge in [0.15, 0.2) is 6.61 Å². The number of nitrogens with zero attached hydrogens (tertiary/aromatic N) is 2. The first-order valence-corrected chi connectivity index (χ1v) is 9.39. The second-order valence-corrected chi connectivity index (χ2v) is 7.43. The number of hydrogen-bond acceptors (Lipinski definition) is 3. The van der Waals surface area contributed by atoms with E-state index < -0.39 is 12.8 Å². The molecule has 1 atom stereocenters. The number of hydrogen-bond donors (Lipinski definition) is 0. The van der Waals surface area contributed by atoms with E-state index in [1.807, 2.05) is 4.90 Å². The minimum absolute atomic E-state index is 0.0893. The van der Waals surface area contributed by atoms with Crippen molar-refractivity contribution in [1.29, 1.82) is 0 Å². The number of likely N-dealkylation sites (tertiary alicyclic amines) is 1. The quantitative estimate of drug-likeness (QED) is 0.737. The van der Waals surface area contributed by atoms with Gasteiger partial charge in [-0.1, -0.05) is 30.9 Å². The van der Waals surface area contributed by atoms with Crippen LogP contribution in [-0.2, 0) is 0 Å². The van der Waals surface area contributed by atoms with Gasteiger partial charge in [0.25, 0.3) is 5.91 Å². The topological polar surface area (TPSA) is 42.4 Å². The molecule has 1 saturated carbocycles. The second kappa shape index (κ2) is 8.03. The molecule has 0 radical (unpaired) electrons. The monoisotopic (exact) mass is 390 g/mol. The highest BCUT2D eigenvalue weighted by atomic mass is 35.5. The van der Waals surface area contributed by atoms with Crippen molar-refractivity contribution in [2.24, 2.45) is 5.92 Å². The van der Waals surface area contributed by atoms with Gasteiger partial charge in [-0.2, -0.15) is 13.2 Å². The van der Waals surface area contributed by atoms with E-state index >= 15 is 0 Å². The van der Waals surface area contributed by atoms with E-state index in [4.69, 9.17) is 11.6 Å². The van der Waals surface area contributed by atoms with Crippen molar-refractivity contribution in [3.8, 4) is 5.88 Å². The zero-order valence-electron chi connectivity index (χ0n) is 14.4. The van der Waals surface area contributed by atoms with Crippen LogP contribution < -0.4 is 4.74 Å². The van der Waals surface area contributed by atoms with Crippen molar-refractivity contribution < 1.29 is 22.7 Å². The molecule has 0 aromatic carbocycles. The van der Waals surface area contributed by atoms with E-state index in [-0.39, 0.29) is 28.4 Å². The minimum Gasteiger partial charge on any atom is -0.467 e. The maximum absolute atomic E-state index is 12.9. The lowest BCUT2D eigenvalue weighted by Gasteiger charge is -2.34. The van der Waals surface area contributed by atoms with Crippen LogP contribution in [0.2, 0.25) is 5.02 Å². The number of alkyl halides is 3. The molecule has 2 fully saturated rings. The molecule has 0 N–H and O–H groups in total. The predicted octanol–water partition coefficient (Wildman–Crippen LogP) is 4.86. The van der Waals surface area contributed by atoms with Gasteiger partial charge in [0.1, 0.15) is 5.02 Å². The molecule has 0 spiro atoms. The Morgan fingerprint density at radius 2 is 1.96 bits per heavy atom. The highest BCUT2D eigenvalue weighted by Crippen LogP contribution is 2.35. The van der Waals surface area contributed by atoms with E-state index in [9.17, 15) is 18.0 Å². The van der Waals surface area contributed by atoms with E-state index in [0.717, 1.165) is 25.7 Å². The van der Waals surface area contributed by atoms with Gasteiger partial charge in [0.05, 0.1) is 5.56 Å². The molecule has 1 aromatic heterocycles. The molecule has 144 valence electrons. The zero-order chi connectivity index (χ0) is 18.7. The first-order valence-electron chi connectivity index (χ1n) is 9.01. The zero-order valence-corrected chi connectivity index (χ0v) is 15.2. The molecule has 0 bridgehead atoms. The summed E-state index contributed by atoms with van der Waals surface area (Å²) in [4.78, 5) is 18.6. The molecule has 2 heterocycles. The second-order valence-electron chi connectivity index (χ2n) is 7.02. The Hall–Kier alpha value is -1.50. The van der Waals surface area contributed by atoms with Crippen LogP contribution >= 0.6 is 11.6 Å². The van der Waals surface area contributed by atoms with E-state index in [1.165, 1.54) is 31.5 Å². The van der Waals surface area contributed by atoms with Crippen LogP contribution in [0.1, 0.15) is 55.3 Å². The maximum atomic E-state index is 12.9. The first-order chi connectivity index (χ1) is 12.3. The third-order valence-electron chi connectivity index (χ3n) is 5.18. The van der Waals surface area contributed by atoms with Crippen LogP contribution in [0.3, 0.4) is 0 Å². The number of halogens is 4. The van der Waals surface area contributed by atoms with Gasteiger partial charge in [0.2, 0.25) is 5.88 Å². The molecule has 4 nitrogen and oxygen atoms in total. The van der Waals surface area contributed by atoms with Crippen molar-refractivity contribution in [3.05, 3.63) is 22.8 Å². The fraction of sp³-hybridized carbons (Fsp3) is 0.667. The van der Waals surface area contributed by atoms with Crippen molar-refractivity contribution >= 4 is 17.5 Å². The molecular formula is C18H22ClF3N2O2. The van der Waals surface area contributed by atoms with Crippen molar-refractivity contribution in [3.63, 3.8) is 0 Å². The largest absolute Gasteiger partial charge is 0.467 e. The van der Waals surface area contributed by atoms with Gasteiger partial charge < -0.3 is 9.64 Å². The molecular weight excluding hydrogens is 369 g/mol. The molecule has 1 saturated heterocycles. The average Bonchev–Trinajstić information content (AvgIpc) is 3.09. The highest BCUT2D eigenvalue weighted by Gasteiger charge is 2.36. The first kappa shape index (κ1) is 19.3. The Bertz CT molecular complexity index is 648. The van der Waals surface area contributed by atoms with E-state index in [0.29, 0.717) is 12.5 Å². The summed E-state index contributed by atoms with van der Waals surface area (Å²) in [5.74, 6) is 0.0636. The normalized spacial score (nSPS) is 21.8. The summed E-state index contributed by atoms with van der Waals surface area (Å²) in [5, 5.41) is -0.0893. The molecule has 26 heavy (non-hydrogen) atoms. The van der Waals surface area contributed by atoms with Crippen LogP contribution in [0.25, 0.3) is 0 Å². The molecule has 0 unspecified atom stereocenters. The number of amides is 1. The lowest BCUT2D eigenvalue weighted by atomic mass is 9.83. The number of pyridine rings is 1.